The topological polar surface area (TPSA) is 49.8 Å². The molecule has 0 aliphatic carbocycles. The van der Waals surface area contributed by atoms with Crippen LogP contribution in [0.4, 0.5) is 5.69 Å². The monoisotopic (exact) mass is 401 g/mol. The van der Waals surface area contributed by atoms with Crippen molar-refractivity contribution in [1.82, 2.24) is 0 Å². The molecule has 0 radical (unpaired) electrons. The third kappa shape index (κ3) is 4.11. The predicted molar refractivity (Wildman–Crippen MR) is 104 cm³/mol. The van der Waals surface area contributed by atoms with Crippen LogP contribution < -0.4 is 4.90 Å². The summed E-state index contributed by atoms with van der Waals surface area (Å²) in [5, 5.41) is 9.63. The van der Waals surface area contributed by atoms with Crippen molar-refractivity contribution in [3.8, 4) is 0 Å². The number of hydrogen-bond acceptors (Lipinski definition) is 3. The maximum atomic E-state index is 11.7. The second-order valence-electron chi connectivity index (χ2n) is 5.98. The fraction of sp³-hybridized carbons (Fsp3) is 0.250. The number of halogens is 1. The molecule has 2 aromatic carbocycles. The van der Waals surface area contributed by atoms with Gasteiger partial charge in [-0.2, -0.15) is 0 Å². The normalized spacial score (nSPS) is 14.9. The summed E-state index contributed by atoms with van der Waals surface area (Å²) >= 11 is 3.43. The van der Waals surface area contributed by atoms with Crippen LogP contribution in [0.5, 0.6) is 0 Å². The number of aromatic carboxylic acids is 1. The van der Waals surface area contributed by atoms with Crippen LogP contribution in [-0.4, -0.2) is 37.4 Å². The van der Waals surface area contributed by atoms with E-state index in [2.05, 4.69) is 20.8 Å². The van der Waals surface area contributed by atoms with Crippen LogP contribution in [0.3, 0.4) is 0 Å². The Labute approximate surface area is 155 Å². The Bertz CT molecular complexity index is 793. The molecule has 0 aromatic heterocycles. The molecule has 0 atom stereocenters. The highest BCUT2D eigenvalue weighted by atomic mass is 79.9. The highest BCUT2D eigenvalue weighted by Gasteiger charge is 2.20. The molecule has 25 heavy (non-hydrogen) atoms. The van der Waals surface area contributed by atoms with Crippen molar-refractivity contribution in [3.63, 3.8) is 0 Å². The van der Waals surface area contributed by atoms with Crippen LogP contribution in [-0.2, 0) is 4.74 Å². The third-order valence-corrected chi connectivity index (χ3v) is 4.82. The van der Waals surface area contributed by atoms with Crippen LogP contribution in [0.2, 0.25) is 0 Å². The largest absolute Gasteiger partial charge is 0.478 e. The molecule has 1 aliphatic heterocycles. The number of carbonyl (C=O) groups is 1. The van der Waals surface area contributed by atoms with Crippen LogP contribution in [0, 0.1) is 6.92 Å². The van der Waals surface area contributed by atoms with Gasteiger partial charge in [0, 0.05) is 28.8 Å². The fourth-order valence-electron chi connectivity index (χ4n) is 3.03. The number of anilines is 1. The summed E-state index contributed by atoms with van der Waals surface area (Å²) in [7, 11) is 0. The summed E-state index contributed by atoms with van der Waals surface area (Å²) < 4.78 is 6.45. The van der Waals surface area contributed by atoms with Gasteiger partial charge in [-0.1, -0.05) is 46.3 Å². The summed E-state index contributed by atoms with van der Waals surface area (Å²) in [4.78, 5) is 14.0. The van der Waals surface area contributed by atoms with Crippen LogP contribution in [0.15, 0.2) is 40.9 Å². The zero-order valence-electron chi connectivity index (χ0n) is 14.0. The first-order chi connectivity index (χ1) is 12.1. The van der Waals surface area contributed by atoms with E-state index in [0.29, 0.717) is 18.8 Å². The van der Waals surface area contributed by atoms with Crippen molar-refractivity contribution < 1.29 is 14.6 Å². The maximum Gasteiger partial charge on any atom is 0.336 e. The van der Waals surface area contributed by atoms with E-state index in [9.17, 15) is 9.90 Å². The molecule has 1 N–H and O–H groups in total. The number of ether oxygens (including phenoxy) is 1. The minimum Gasteiger partial charge on any atom is -0.478 e. The fourth-order valence-corrected chi connectivity index (χ4v) is 3.30. The lowest BCUT2D eigenvalue weighted by Gasteiger charge is -2.32. The Morgan fingerprint density at radius 2 is 1.80 bits per heavy atom. The van der Waals surface area contributed by atoms with Gasteiger partial charge in [0.1, 0.15) is 0 Å². The molecule has 1 fully saturated rings. The van der Waals surface area contributed by atoms with Gasteiger partial charge in [0.25, 0.3) is 0 Å². The second kappa shape index (κ2) is 7.85. The van der Waals surface area contributed by atoms with E-state index in [1.807, 2.05) is 49.4 Å². The van der Waals surface area contributed by atoms with E-state index in [1.54, 1.807) is 6.07 Å². The number of nitrogens with zero attached hydrogens (tertiary/aromatic N) is 1. The second-order valence-corrected chi connectivity index (χ2v) is 6.90. The lowest BCUT2D eigenvalue weighted by molar-refractivity contribution is 0.0696. The smallest absolute Gasteiger partial charge is 0.336 e. The number of carboxylic acids is 1. The molecule has 3 rings (SSSR count). The lowest BCUT2D eigenvalue weighted by atomic mass is 9.98. The first-order valence-electron chi connectivity index (χ1n) is 8.19. The van der Waals surface area contributed by atoms with Gasteiger partial charge in [-0.3, -0.25) is 0 Å². The van der Waals surface area contributed by atoms with Crippen molar-refractivity contribution in [2.24, 2.45) is 0 Å². The Balaban J connectivity index is 2.06. The quantitative estimate of drug-likeness (QED) is 0.768. The first-order valence-corrected chi connectivity index (χ1v) is 8.99. The van der Waals surface area contributed by atoms with Crippen molar-refractivity contribution in [3.05, 3.63) is 63.1 Å². The highest BCUT2D eigenvalue weighted by molar-refractivity contribution is 9.10. The average molecular weight is 402 g/mol. The Morgan fingerprint density at radius 1 is 1.12 bits per heavy atom. The summed E-state index contributed by atoms with van der Waals surface area (Å²) in [6, 6.07) is 11.5. The molecule has 0 amide bonds. The molecule has 1 heterocycles. The van der Waals surface area contributed by atoms with Crippen LogP contribution in [0.1, 0.15) is 27.0 Å². The van der Waals surface area contributed by atoms with Crippen molar-refractivity contribution in [2.75, 3.05) is 31.2 Å². The van der Waals surface area contributed by atoms with Crippen molar-refractivity contribution in [1.29, 1.82) is 0 Å². The first kappa shape index (κ1) is 17.7. The standard InChI is InChI=1S/C20H20BrNO3/c1-14-2-8-18(20(23)24)17(19(14)22-10-12-25-13-11-22)9-5-15-3-6-16(21)7-4-15/h2-9H,10-13H2,1H3,(H,23,24). The molecular weight excluding hydrogens is 382 g/mol. The number of benzene rings is 2. The van der Waals surface area contributed by atoms with Gasteiger partial charge in [-0.15, -0.1) is 0 Å². The molecule has 130 valence electrons. The Kier molecular flexibility index (Phi) is 5.56. The van der Waals surface area contributed by atoms with Gasteiger partial charge in [0.05, 0.1) is 18.8 Å². The van der Waals surface area contributed by atoms with E-state index in [0.717, 1.165) is 39.9 Å². The average Bonchev–Trinajstić information content (AvgIpc) is 2.61. The number of carboxylic acid groups (broad SMARTS) is 1. The molecule has 0 bridgehead atoms. The van der Waals surface area contributed by atoms with Crippen LogP contribution in [0.25, 0.3) is 12.2 Å². The lowest BCUT2D eigenvalue weighted by Crippen LogP contribution is -2.37. The Hall–Kier alpha value is -2.11. The number of rotatable bonds is 4. The van der Waals surface area contributed by atoms with E-state index in [1.165, 1.54) is 0 Å². The number of hydrogen-bond donors (Lipinski definition) is 1. The molecule has 2 aromatic rings. The number of morpholine rings is 1. The zero-order valence-corrected chi connectivity index (χ0v) is 15.6. The zero-order chi connectivity index (χ0) is 17.8. The highest BCUT2D eigenvalue weighted by Crippen LogP contribution is 2.31. The SMILES string of the molecule is Cc1ccc(C(=O)O)c(C=Cc2ccc(Br)cc2)c1N1CCOCC1. The van der Waals surface area contributed by atoms with E-state index < -0.39 is 5.97 Å². The van der Waals surface area contributed by atoms with E-state index >= 15 is 0 Å². The predicted octanol–water partition coefficient (Wildman–Crippen LogP) is 4.46. The Morgan fingerprint density at radius 3 is 2.44 bits per heavy atom. The summed E-state index contributed by atoms with van der Waals surface area (Å²) in [5.41, 5.74) is 4.14. The van der Waals surface area contributed by atoms with Gasteiger partial charge >= 0.3 is 5.97 Å². The molecule has 4 nitrogen and oxygen atoms in total. The summed E-state index contributed by atoms with van der Waals surface area (Å²) in [6.07, 6.45) is 3.86. The third-order valence-electron chi connectivity index (χ3n) is 4.29. The van der Waals surface area contributed by atoms with Crippen molar-refractivity contribution in [2.45, 2.75) is 6.92 Å². The van der Waals surface area contributed by atoms with E-state index in [-0.39, 0.29) is 0 Å². The molecule has 0 saturated carbocycles. The summed E-state index contributed by atoms with van der Waals surface area (Å²) in [5.74, 6) is -0.912. The molecule has 1 aliphatic rings. The molecule has 0 spiro atoms. The maximum absolute atomic E-state index is 11.7. The molecular formula is C20H20BrNO3. The van der Waals surface area contributed by atoms with Gasteiger partial charge in [0.15, 0.2) is 0 Å². The molecule has 5 heteroatoms. The minimum absolute atomic E-state index is 0.320. The van der Waals surface area contributed by atoms with Gasteiger partial charge in [0.2, 0.25) is 0 Å². The van der Waals surface area contributed by atoms with Gasteiger partial charge in [-0.05, 0) is 36.2 Å². The molecule has 0 unspecified atom stereocenters. The minimum atomic E-state index is -0.912. The summed E-state index contributed by atoms with van der Waals surface area (Å²) in [6.45, 7) is 4.87. The number of aryl methyl sites for hydroxylation is 1. The molecule has 1 saturated heterocycles. The van der Waals surface area contributed by atoms with Gasteiger partial charge < -0.3 is 14.7 Å². The van der Waals surface area contributed by atoms with E-state index in [4.69, 9.17) is 4.74 Å². The van der Waals surface area contributed by atoms with Crippen molar-refractivity contribution >= 4 is 39.7 Å². The van der Waals surface area contributed by atoms with Gasteiger partial charge in [-0.25, -0.2) is 4.79 Å². The van der Waals surface area contributed by atoms with Crippen LogP contribution >= 0.6 is 15.9 Å².